The number of amides is 1. The Morgan fingerprint density at radius 2 is 2.00 bits per heavy atom. The molecule has 0 aliphatic rings. The lowest BCUT2D eigenvalue weighted by atomic mass is 10.2. The lowest BCUT2D eigenvalue weighted by Crippen LogP contribution is -2.19. The van der Waals surface area contributed by atoms with Crippen LogP contribution in [0.2, 0.25) is 0 Å². The Balaban J connectivity index is 1.54. The minimum absolute atomic E-state index is 0.167. The first-order valence-electron chi connectivity index (χ1n) is 8.15. The van der Waals surface area contributed by atoms with E-state index in [-0.39, 0.29) is 5.91 Å². The number of fused-ring (bicyclic) bond motifs is 1. The van der Waals surface area contributed by atoms with Crippen molar-refractivity contribution in [2.45, 2.75) is 13.0 Å². The largest absolute Gasteiger partial charge is 0.493 e. The number of hydrazone groups is 1. The van der Waals surface area contributed by atoms with Gasteiger partial charge in [-0.1, -0.05) is 12.1 Å². The summed E-state index contributed by atoms with van der Waals surface area (Å²) in [7, 11) is 3.15. The predicted molar refractivity (Wildman–Crippen MR) is 99.6 cm³/mol. The highest BCUT2D eigenvalue weighted by atomic mass is 16.5. The van der Waals surface area contributed by atoms with Crippen LogP contribution in [0.5, 0.6) is 11.5 Å². The highest BCUT2D eigenvalue weighted by Gasteiger charge is 2.05. The molecule has 7 nitrogen and oxygen atoms in total. The molecule has 0 bridgehead atoms. The third-order valence-electron chi connectivity index (χ3n) is 3.92. The van der Waals surface area contributed by atoms with E-state index >= 15 is 0 Å². The van der Waals surface area contributed by atoms with E-state index in [0.717, 1.165) is 16.6 Å². The second-order valence-corrected chi connectivity index (χ2v) is 5.58. The zero-order chi connectivity index (χ0) is 18.4. The van der Waals surface area contributed by atoms with Gasteiger partial charge in [-0.15, -0.1) is 0 Å². The molecule has 0 saturated heterocycles. The SMILES string of the molecule is COc1ccc(/C=N\NC(=O)CCn2cnc3ccccc32)cc1OC. The molecule has 1 N–H and O–H groups in total. The lowest BCUT2D eigenvalue weighted by Gasteiger charge is -2.07. The predicted octanol–water partition coefficient (Wildman–Crippen LogP) is 2.59. The fourth-order valence-corrected chi connectivity index (χ4v) is 2.58. The van der Waals surface area contributed by atoms with E-state index in [0.29, 0.717) is 24.5 Å². The van der Waals surface area contributed by atoms with E-state index in [2.05, 4.69) is 15.5 Å². The summed E-state index contributed by atoms with van der Waals surface area (Å²) in [5, 5.41) is 3.99. The summed E-state index contributed by atoms with van der Waals surface area (Å²) in [6.45, 7) is 0.540. The molecule has 2 aromatic carbocycles. The number of nitrogens with one attached hydrogen (secondary N) is 1. The highest BCUT2D eigenvalue weighted by molar-refractivity contribution is 5.83. The number of carbonyl (C=O) groups excluding carboxylic acids is 1. The normalized spacial score (nSPS) is 11.0. The minimum atomic E-state index is -0.167. The maximum atomic E-state index is 12.0. The van der Waals surface area contributed by atoms with Crippen molar-refractivity contribution in [2.24, 2.45) is 5.10 Å². The van der Waals surface area contributed by atoms with Crippen LogP contribution < -0.4 is 14.9 Å². The average molecular weight is 352 g/mol. The lowest BCUT2D eigenvalue weighted by molar-refractivity contribution is -0.121. The molecule has 0 radical (unpaired) electrons. The maximum Gasteiger partial charge on any atom is 0.241 e. The number of aryl methyl sites for hydroxylation is 1. The van der Waals surface area contributed by atoms with Crippen molar-refractivity contribution in [3.8, 4) is 11.5 Å². The van der Waals surface area contributed by atoms with Gasteiger partial charge < -0.3 is 14.0 Å². The quantitative estimate of drug-likeness (QED) is 0.524. The molecule has 0 unspecified atom stereocenters. The van der Waals surface area contributed by atoms with Crippen molar-refractivity contribution in [1.29, 1.82) is 0 Å². The molecule has 3 rings (SSSR count). The van der Waals surface area contributed by atoms with Crippen LogP contribution in [0, 0.1) is 0 Å². The van der Waals surface area contributed by atoms with Gasteiger partial charge in [0.25, 0.3) is 0 Å². The summed E-state index contributed by atoms with van der Waals surface area (Å²) in [4.78, 5) is 16.3. The monoisotopic (exact) mass is 352 g/mol. The van der Waals surface area contributed by atoms with E-state index in [1.807, 2.05) is 34.9 Å². The second kappa shape index (κ2) is 8.15. The second-order valence-electron chi connectivity index (χ2n) is 5.58. The summed E-state index contributed by atoms with van der Waals surface area (Å²) in [5.41, 5.74) is 5.25. The van der Waals surface area contributed by atoms with Gasteiger partial charge in [-0.2, -0.15) is 5.10 Å². The van der Waals surface area contributed by atoms with Gasteiger partial charge in [0.2, 0.25) is 5.91 Å². The van der Waals surface area contributed by atoms with Gasteiger partial charge >= 0.3 is 0 Å². The maximum absolute atomic E-state index is 12.0. The van der Waals surface area contributed by atoms with E-state index in [4.69, 9.17) is 9.47 Å². The van der Waals surface area contributed by atoms with Crippen molar-refractivity contribution >= 4 is 23.2 Å². The number of imidazole rings is 1. The van der Waals surface area contributed by atoms with Crippen LogP contribution in [0.15, 0.2) is 53.9 Å². The van der Waals surface area contributed by atoms with E-state index in [1.54, 1.807) is 38.9 Å². The zero-order valence-corrected chi connectivity index (χ0v) is 14.7. The Morgan fingerprint density at radius 3 is 2.81 bits per heavy atom. The van der Waals surface area contributed by atoms with Crippen LogP contribution in [0.25, 0.3) is 11.0 Å². The van der Waals surface area contributed by atoms with E-state index in [1.165, 1.54) is 0 Å². The van der Waals surface area contributed by atoms with Gasteiger partial charge in [-0.25, -0.2) is 10.4 Å². The van der Waals surface area contributed by atoms with Gasteiger partial charge in [-0.3, -0.25) is 4.79 Å². The fraction of sp³-hybridized carbons (Fsp3) is 0.211. The fourth-order valence-electron chi connectivity index (χ4n) is 2.58. The van der Waals surface area contributed by atoms with E-state index < -0.39 is 0 Å². The summed E-state index contributed by atoms with van der Waals surface area (Å²) in [5.74, 6) is 1.08. The molecule has 1 heterocycles. The van der Waals surface area contributed by atoms with Gasteiger partial charge in [0.15, 0.2) is 11.5 Å². The Morgan fingerprint density at radius 1 is 1.19 bits per heavy atom. The van der Waals surface area contributed by atoms with Gasteiger partial charge in [0.05, 0.1) is 37.8 Å². The number of benzene rings is 2. The topological polar surface area (TPSA) is 77.7 Å². The van der Waals surface area contributed by atoms with Crippen LogP contribution in [-0.2, 0) is 11.3 Å². The first-order valence-corrected chi connectivity index (χ1v) is 8.15. The molecule has 1 amide bonds. The van der Waals surface area contributed by atoms with Crippen LogP contribution in [0.3, 0.4) is 0 Å². The summed E-state index contributed by atoms with van der Waals surface area (Å²) >= 11 is 0. The summed E-state index contributed by atoms with van der Waals surface area (Å²) in [6, 6.07) is 13.2. The van der Waals surface area contributed by atoms with Gasteiger partial charge in [0, 0.05) is 13.0 Å². The smallest absolute Gasteiger partial charge is 0.241 e. The van der Waals surface area contributed by atoms with Crippen molar-refractivity contribution in [2.75, 3.05) is 14.2 Å². The molecule has 0 atom stereocenters. The standard InChI is InChI=1S/C19H20N4O3/c1-25-17-8-7-14(11-18(17)26-2)12-21-22-19(24)9-10-23-13-20-15-5-3-4-6-16(15)23/h3-8,11-13H,9-10H2,1-2H3,(H,22,24)/b21-12-. The van der Waals surface area contributed by atoms with Gasteiger partial charge in [-0.05, 0) is 35.9 Å². The third kappa shape index (κ3) is 4.00. The third-order valence-corrected chi connectivity index (χ3v) is 3.92. The Labute approximate surface area is 151 Å². The highest BCUT2D eigenvalue weighted by Crippen LogP contribution is 2.26. The molecule has 0 saturated carbocycles. The molecule has 0 aliphatic carbocycles. The average Bonchev–Trinajstić information content (AvgIpc) is 3.09. The van der Waals surface area contributed by atoms with Crippen molar-refractivity contribution in [3.63, 3.8) is 0 Å². The van der Waals surface area contributed by atoms with Crippen molar-refractivity contribution in [1.82, 2.24) is 15.0 Å². The molecule has 0 aliphatic heterocycles. The minimum Gasteiger partial charge on any atom is -0.493 e. The number of aromatic nitrogens is 2. The molecule has 1 aromatic heterocycles. The molecule has 0 fully saturated rings. The zero-order valence-electron chi connectivity index (χ0n) is 14.7. The molecule has 26 heavy (non-hydrogen) atoms. The Kier molecular flexibility index (Phi) is 5.48. The van der Waals surface area contributed by atoms with Crippen molar-refractivity contribution in [3.05, 3.63) is 54.4 Å². The number of ether oxygens (including phenoxy) is 2. The van der Waals surface area contributed by atoms with Crippen LogP contribution in [0.1, 0.15) is 12.0 Å². The summed E-state index contributed by atoms with van der Waals surface area (Å²) < 4.78 is 12.4. The molecule has 3 aromatic rings. The Hall–Kier alpha value is -3.35. The number of para-hydroxylation sites is 2. The number of rotatable bonds is 7. The van der Waals surface area contributed by atoms with Crippen LogP contribution in [-0.4, -0.2) is 35.9 Å². The number of nitrogens with zero attached hydrogens (tertiary/aromatic N) is 3. The van der Waals surface area contributed by atoms with Crippen molar-refractivity contribution < 1.29 is 14.3 Å². The molecule has 7 heteroatoms. The first kappa shape index (κ1) is 17.5. The number of hydrogen-bond acceptors (Lipinski definition) is 5. The molecule has 134 valence electrons. The number of hydrogen-bond donors (Lipinski definition) is 1. The number of carbonyl (C=O) groups is 1. The first-order chi connectivity index (χ1) is 12.7. The summed E-state index contributed by atoms with van der Waals surface area (Å²) in [6.07, 6.45) is 3.61. The number of methoxy groups -OCH3 is 2. The van der Waals surface area contributed by atoms with Crippen LogP contribution in [0.4, 0.5) is 0 Å². The Bertz CT molecular complexity index is 933. The molecular weight excluding hydrogens is 332 g/mol. The molecular formula is C19H20N4O3. The van der Waals surface area contributed by atoms with Gasteiger partial charge in [0.1, 0.15) is 0 Å². The van der Waals surface area contributed by atoms with E-state index in [9.17, 15) is 4.79 Å². The molecule has 0 spiro atoms. The van der Waals surface area contributed by atoms with Crippen LogP contribution >= 0.6 is 0 Å².